The Kier molecular flexibility index (Phi) is 7.47. The van der Waals surface area contributed by atoms with Crippen molar-refractivity contribution in [3.63, 3.8) is 0 Å². The predicted octanol–water partition coefficient (Wildman–Crippen LogP) is 3.74. The van der Waals surface area contributed by atoms with Crippen molar-refractivity contribution in [2.45, 2.75) is 26.8 Å². The number of nitrogens with one attached hydrogen (secondary N) is 1. The van der Waals surface area contributed by atoms with E-state index in [1.165, 1.54) is 6.07 Å². The minimum atomic E-state index is -0.199. The molecule has 0 saturated heterocycles. The molecular weight excluding hydrogens is 297 g/mol. The molecule has 0 aliphatic heterocycles. The SMILES string of the molecule is CC(C)COCCCNCc1cc(F)ccc1Br. The Morgan fingerprint density at radius 1 is 1.39 bits per heavy atom. The lowest BCUT2D eigenvalue weighted by Gasteiger charge is -2.08. The van der Waals surface area contributed by atoms with Crippen molar-refractivity contribution >= 4 is 15.9 Å². The summed E-state index contributed by atoms with van der Waals surface area (Å²) in [4.78, 5) is 0. The van der Waals surface area contributed by atoms with Crippen LogP contribution in [-0.2, 0) is 11.3 Å². The Hall–Kier alpha value is -0.450. The lowest BCUT2D eigenvalue weighted by molar-refractivity contribution is 0.108. The third-order valence-electron chi connectivity index (χ3n) is 2.42. The van der Waals surface area contributed by atoms with Crippen LogP contribution in [0.25, 0.3) is 0 Å². The number of benzene rings is 1. The summed E-state index contributed by atoms with van der Waals surface area (Å²) in [7, 11) is 0. The van der Waals surface area contributed by atoms with Crippen molar-refractivity contribution in [3.8, 4) is 0 Å². The molecule has 1 aromatic rings. The van der Waals surface area contributed by atoms with Gasteiger partial charge in [-0.25, -0.2) is 4.39 Å². The van der Waals surface area contributed by atoms with Gasteiger partial charge in [-0.05, 0) is 42.6 Å². The highest BCUT2D eigenvalue weighted by Crippen LogP contribution is 2.17. The zero-order chi connectivity index (χ0) is 13.4. The van der Waals surface area contributed by atoms with E-state index in [-0.39, 0.29) is 5.82 Å². The summed E-state index contributed by atoms with van der Waals surface area (Å²) < 4.78 is 19.4. The van der Waals surface area contributed by atoms with Crippen LogP contribution >= 0.6 is 15.9 Å². The molecule has 0 amide bonds. The smallest absolute Gasteiger partial charge is 0.123 e. The van der Waals surface area contributed by atoms with Crippen molar-refractivity contribution in [1.29, 1.82) is 0 Å². The molecular formula is C14H21BrFNO. The maximum absolute atomic E-state index is 13.0. The van der Waals surface area contributed by atoms with E-state index >= 15 is 0 Å². The molecule has 18 heavy (non-hydrogen) atoms. The van der Waals surface area contributed by atoms with Gasteiger partial charge in [0.2, 0.25) is 0 Å². The molecule has 2 nitrogen and oxygen atoms in total. The second kappa shape index (κ2) is 8.62. The topological polar surface area (TPSA) is 21.3 Å². The van der Waals surface area contributed by atoms with E-state index in [2.05, 4.69) is 35.1 Å². The summed E-state index contributed by atoms with van der Waals surface area (Å²) in [5, 5.41) is 3.28. The van der Waals surface area contributed by atoms with Crippen molar-refractivity contribution in [1.82, 2.24) is 5.32 Å². The van der Waals surface area contributed by atoms with Gasteiger partial charge in [-0.3, -0.25) is 0 Å². The number of hydrogen-bond acceptors (Lipinski definition) is 2. The lowest BCUT2D eigenvalue weighted by Crippen LogP contribution is -2.17. The summed E-state index contributed by atoms with van der Waals surface area (Å²) in [6, 6.07) is 4.73. The largest absolute Gasteiger partial charge is 0.381 e. The van der Waals surface area contributed by atoms with Gasteiger partial charge in [0.1, 0.15) is 5.82 Å². The van der Waals surface area contributed by atoms with Crippen molar-refractivity contribution in [2.75, 3.05) is 19.8 Å². The molecule has 0 radical (unpaired) electrons. The first-order valence-corrected chi connectivity index (χ1v) is 7.11. The Morgan fingerprint density at radius 2 is 2.17 bits per heavy atom. The van der Waals surface area contributed by atoms with Gasteiger partial charge in [-0.1, -0.05) is 29.8 Å². The van der Waals surface area contributed by atoms with E-state index in [0.29, 0.717) is 12.5 Å². The van der Waals surface area contributed by atoms with E-state index < -0.39 is 0 Å². The highest BCUT2D eigenvalue weighted by Gasteiger charge is 2.01. The summed E-state index contributed by atoms with van der Waals surface area (Å²) in [6.07, 6.45) is 0.972. The van der Waals surface area contributed by atoms with Crippen LogP contribution in [0.5, 0.6) is 0 Å². The quantitative estimate of drug-likeness (QED) is 0.737. The maximum Gasteiger partial charge on any atom is 0.123 e. The molecule has 0 heterocycles. The molecule has 0 aromatic heterocycles. The molecule has 1 rings (SSSR count). The molecule has 0 spiro atoms. The Morgan fingerprint density at radius 3 is 2.89 bits per heavy atom. The van der Waals surface area contributed by atoms with Gasteiger partial charge < -0.3 is 10.1 Å². The van der Waals surface area contributed by atoms with Gasteiger partial charge in [0.05, 0.1) is 0 Å². The van der Waals surface area contributed by atoms with Crippen LogP contribution in [0.1, 0.15) is 25.8 Å². The van der Waals surface area contributed by atoms with Crippen molar-refractivity contribution in [3.05, 3.63) is 34.1 Å². The van der Waals surface area contributed by atoms with Gasteiger partial charge >= 0.3 is 0 Å². The third-order valence-corrected chi connectivity index (χ3v) is 3.19. The van der Waals surface area contributed by atoms with Crippen LogP contribution in [-0.4, -0.2) is 19.8 Å². The minimum absolute atomic E-state index is 0.199. The minimum Gasteiger partial charge on any atom is -0.381 e. The van der Waals surface area contributed by atoms with E-state index in [9.17, 15) is 4.39 Å². The molecule has 1 N–H and O–H groups in total. The van der Waals surface area contributed by atoms with Gasteiger partial charge in [0.15, 0.2) is 0 Å². The van der Waals surface area contributed by atoms with E-state index in [1.54, 1.807) is 12.1 Å². The fraction of sp³-hybridized carbons (Fsp3) is 0.571. The number of halogens is 2. The van der Waals surface area contributed by atoms with Crippen molar-refractivity contribution < 1.29 is 9.13 Å². The highest BCUT2D eigenvalue weighted by atomic mass is 79.9. The number of rotatable bonds is 8. The van der Waals surface area contributed by atoms with Crippen LogP contribution in [0.4, 0.5) is 4.39 Å². The standard InChI is InChI=1S/C14H21BrFNO/c1-11(2)10-18-7-3-6-17-9-12-8-13(16)4-5-14(12)15/h4-5,8,11,17H,3,6-7,9-10H2,1-2H3. The third kappa shape index (κ3) is 6.47. The molecule has 0 aliphatic carbocycles. The summed E-state index contributed by atoms with van der Waals surface area (Å²) in [5.41, 5.74) is 0.943. The molecule has 0 unspecified atom stereocenters. The Labute approximate surface area is 117 Å². The fourth-order valence-electron chi connectivity index (χ4n) is 1.52. The van der Waals surface area contributed by atoms with Crippen LogP contribution in [0.3, 0.4) is 0 Å². The fourth-order valence-corrected chi connectivity index (χ4v) is 1.91. The average molecular weight is 318 g/mol. The van der Waals surface area contributed by atoms with Crippen LogP contribution in [0.15, 0.2) is 22.7 Å². The monoisotopic (exact) mass is 317 g/mol. The van der Waals surface area contributed by atoms with Crippen LogP contribution < -0.4 is 5.32 Å². The molecule has 4 heteroatoms. The second-order valence-corrected chi connectivity index (χ2v) is 5.59. The van der Waals surface area contributed by atoms with E-state index in [1.807, 2.05) is 0 Å². The van der Waals surface area contributed by atoms with Gasteiger partial charge in [-0.15, -0.1) is 0 Å². The average Bonchev–Trinajstić information content (AvgIpc) is 2.32. The van der Waals surface area contributed by atoms with E-state index in [4.69, 9.17) is 4.74 Å². The first-order chi connectivity index (χ1) is 8.59. The molecule has 0 atom stereocenters. The van der Waals surface area contributed by atoms with Gasteiger partial charge in [0, 0.05) is 24.2 Å². The highest BCUT2D eigenvalue weighted by molar-refractivity contribution is 9.10. The molecule has 102 valence electrons. The van der Waals surface area contributed by atoms with Crippen LogP contribution in [0, 0.1) is 11.7 Å². The summed E-state index contributed by atoms with van der Waals surface area (Å²) >= 11 is 3.41. The number of hydrogen-bond donors (Lipinski definition) is 1. The normalized spacial score (nSPS) is 11.2. The maximum atomic E-state index is 13.0. The Balaban J connectivity index is 2.12. The lowest BCUT2D eigenvalue weighted by atomic mass is 10.2. The van der Waals surface area contributed by atoms with Crippen LogP contribution in [0.2, 0.25) is 0 Å². The molecule has 0 saturated carbocycles. The van der Waals surface area contributed by atoms with E-state index in [0.717, 1.165) is 36.2 Å². The Bertz CT molecular complexity index is 358. The molecule has 0 bridgehead atoms. The first kappa shape index (κ1) is 15.6. The summed E-state index contributed by atoms with van der Waals surface area (Å²) in [5.74, 6) is 0.386. The zero-order valence-corrected chi connectivity index (χ0v) is 12.6. The predicted molar refractivity (Wildman–Crippen MR) is 76.1 cm³/mol. The number of ether oxygens (including phenoxy) is 1. The van der Waals surface area contributed by atoms with Crippen molar-refractivity contribution in [2.24, 2.45) is 5.92 Å². The zero-order valence-electron chi connectivity index (χ0n) is 11.0. The molecule has 1 aromatic carbocycles. The van der Waals surface area contributed by atoms with Gasteiger partial charge in [0.25, 0.3) is 0 Å². The summed E-state index contributed by atoms with van der Waals surface area (Å²) in [6.45, 7) is 7.41. The van der Waals surface area contributed by atoms with Gasteiger partial charge in [-0.2, -0.15) is 0 Å². The first-order valence-electron chi connectivity index (χ1n) is 6.32. The second-order valence-electron chi connectivity index (χ2n) is 4.73. The molecule has 0 fully saturated rings. The molecule has 0 aliphatic rings.